The Morgan fingerprint density at radius 2 is 2.22 bits per heavy atom. The van der Waals surface area contributed by atoms with Crippen LogP contribution >= 0.6 is 0 Å². The standard InChI is InChI=1S/C13H22N4O/c1-3-6-11-14-12(16-15-11)13(18)17(4-2)9-10-7-5-8-10/h10H,3-9H2,1-2H3,(H,14,15,16). The third-order valence-electron chi connectivity index (χ3n) is 3.58. The molecular formula is C13H22N4O. The number of aromatic amines is 1. The Bertz CT molecular complexity index is 397. The molecule has 5 nitrogen and oxygen atoms in total. The average molecular weight is 250 g/mol. The number of carbonyl (C=O) groups is 1. The molecule has 0 aliphatic heterocycles. The fourth-order valence-electron chi connectivity index (χ4n) is 2.22. The zero-order valence-corrected chi connectivity index (χ0v) is 11.3. The second kappa shape index (κ2) is 5.98. The molecule has 1 amide bonds. The fourth-order valence-corrected chi connectivity index (χ4v) is 2.22. The van der Waals surface area contributed by atoms with Gasteiger partial charge in [-0.15, -0.1) is 5.10 Å². The Morgan fingerprint density at radius 1 is 1.44 bits per heavy atom. The van der Waals surface area contributed by atoms with Crippen LogP contribution < -0.4 is 0 Å². The van der Waals surface area contributed by atoms with Crippen molar-refractivity contribution < 1.29 is 4.79 Å². The molecule has 18 heavy (non-hydrogen) atoms. The first kappa shape index (κ1) is 13.1. The maximum atomic E-state index is 12.2. The molecule has 1 aliphatic rings. The van der Waals surface area contributed by atoms with E-state index in [-0.39, 0.29) is 5.91 Å². The van der Waals surface area contributed by atoms with E-state index in [1.54, 1.807) is 0 Å². The molecule has 0 atom stereocenters. The second-order valence-corrected chi connectivity index (χ2v) is 5.00. The van der Waals surface area contributed by atoms with Crippen LogP contribution in [0, 0.1) is 5.92 Å². The van der Waals surface area contributed by atoms with Crippen molar-refractivity contribution in [3.8, 4) is 0 Å². The zero-order valence-electron chi connectivity index (χ0n) is 11.3. The molecule has 0 radical (unpaired) electrons. The summed E-state index contributed by atoms with van der Waals surface area (Å²) in [5.74, 6) is 1.77. The maximum Gasteiger partial charge on any atom is 0.293 e. The van der Waals surface area contributed by atoms with E-state index in [4.69, 9.17) is 0 Å². The van der Waals surface area contributed by atoms with Crippen molar-refractivity contribution in [2.24, 2.45) is 5.92 Å². The van der Waals surface area contributed by atoms with Gasteiger partial charge in [0.05, 0.1) is 0 Å². The highest BCUT2D eigenvalue weighted by molar-refractivity contribution is 5.90. The molecule has 0 spiro atoms. The highest BCUT2D eigenvalue weighted by atomic mass is 16.2. The van der Waals surface area contributed by atoms with Crippen LogP contribution in [0.2, 0.25) is 0 Å². The molecule has 0 unspecified atom stereocenters. The molecule has 1 heterocycles. The minimum atomic E-state index is -0.0389. The number of amides is 1. The Balaban J connectivity index is 1.97. The van der Waals surface area contributed by atoms with Crippen LogP contribution in [0.4, 0.5) is 0 Å². The van der Waals surface area contributed by atoms with Crippen molar-refractivity contribution >= 4 is 5.91 Å². The average Bonchev–Trinajstić information content (AvgIpc) is 2.76. The quantitative estimate of drug-likeness (QED) is 0.840. The topological polar surface area (TPSA) is 61.9 Å². The van der Waals surface area contributed by atoms with E-state index in [0.29, 0.717) is 11.7 Å². The molecule has 1 fully saturated rings. The van der Waals surface area contributed by atoms with Gasteiger partial charge in [-0.1, -0.05) is 13.3 Å². The van der Waals surface area contributed by atoms with E-state index in [0.717, 1.165) is 31.8 Å². The van der Waals surface area contributed by atoms with E-state index in [1.807, 2.05) is 11.8 Å². The number of hydrogen-bond donors (Lipinski definition) is 1. The lowest BCUT2D eigenvalue weighted by Crippen LogP contribution is -2.37. The minimum absolute atomic E-state index is 0.0389. The summed E-state index contributed by atoms with van der Waals surface area (Å²) in [5, 5.41) is 6.87. The summed E-state index contributed by atoms with van der Waals surface area (Å²) in [4.78, 5) is 18.4. The monoisotopic (exact) mass is 250 g/mol. The van der Waals surface area contributed by atoms with Crippen LogP contribution in [0.3, 0.4) is 0 Å². The number of nitrogens with one attached hydrogen (secondary N) is 1. The first-order chi connectivity index (χ1) is 8.74. The normalized spacial score (nSPS) is 15.4. The van der Waals surface area contributed by atoms with Crippen molar-refractivity contribution in [2.75, 3.05) is 13.1 Å². The predicted molar refractivity (Wildman–Crippen MR) is 69.3 cm³/mol. The SMILES string of the molecule is CCCc1nc(C(=O)N(CC)CC2CCC2)n[nH]1. The van der Waals surface area contributed by atoms with E-state index in [9.17, 15) is 4.79 Å². The van der Waals surface area contributed by atoms with E-state index in [1.165, 1.54) is 19.3 Å². The summed E-state index contributed by atoms with van der Waals surface area (Å²) in [7, 11) is 0. The fraction of sp³-hybridized carbons (Fsp3) is 0.769. The van der Waals surface area contributed by atoms with Crippen molar-refractivity contribution in [1.29, 1.82) is 0 Å². The maximum absolute atomic E-state index is 12.2. The van der Waals surface area contributed by atoms with Gasteiger partial charge in [-0.2, -0.15) is 0 Å². The summed E-state index contributed by atoms with van der Waals surface area (Å²) in [6.07, 6.45) is 5.65. The minimum Gasteiger partial charge on any atom is -0.336 e. The first-order valence-corrected chi connectivity index (χ1v) is 6.95. The molecule has 0 saturated heterocycles. The Labute approximate surface area is 108 Å². The highest BCUT2D eigenvalue weighted by Crippen LogP contribution is 2.27. The van der Waals surface area contributed by atoms with Crippen LogP contribution in [0.15, 0.2) is 0 Å². The second-order valence-electron chi connectivity index (χ2n) is 5.00. The summed E-state index contributed by atoms with van der Waals surface area (Å²) < 4.78 is 0. The summed E-state index contributed by atoms with van der Waals surface area (Å²) >= 11 is 0. The summed E-state index contributed by atoms with van der Waals surface area (Å²) in [5.41, 5.74) is 0. The Hall–Kier alpha value is -1.39. The molecule has 1 aromatic rings. The van der Waals surface area contributed by atoms with Crippen LogP contribution in [0.25, 0.3) is 0 Å². The number of rotatable bonds is 6. The van der Waals surface area contributed by atoms with Crippen molar-refractivity contribution in [3.05, 3.63) is 11.6 Å². The number of aryl methyl sites for hydroxylation is 1. The number of nitrogens with zero attached hydrogens (tertiary/aromatic N) is 3. The predicted octanol–water partition coefficient (Wildman–Crippen LogP) is 2.02. The number of carbonyl (C=O) groups excluding carboxylic acids is 1. The number of hydrogen-bond acceptors (Lipinski definition) is 3. The van der Waals surface area contributed by atoms with E-state index in [2.05, 4.69) is 22.1 Å². The van der Waals surface area contributed by atoms with Gasteiger partial charge in [0.15, 0.2) is 0 Å². The molecule has 1 aromatic heterocycles. The molecule has 0 bridgehead atoms. The third kappa shape index (κ3) is 2.89. The Kier molecular flexibility index (Phi) is 4.33. The van der Waals surface area contributed by atoms with Crippen molar-refractivity contribution in [1.82, 2.24) is 20.1 Å². The van der Waals surface area contributed by atoms with Gasteiger partial charge in [0.1, 0.15) is 5.82 Å². The molecule has 100 valence electrons. The van der Waals surface area contributed by atoms with Gasteiger partial charge >= 0.3 is 0 Å². The molecule has 1 saturated carbocycles. The molecular weight excluding hydrogens is 228 g/mol. The van der Waals surface area contributed by atoms with E-state index < -0.39 is 0 Å². The molecule has 1 N–H and O–H groups in total. The molecule has 1 aliphatic carbocycles. The smallest absolute Gasteiger partial charge is 0.293 e. The third-order valence-corrected chi connectivity index (χ3v) is 3.58. The highest BCUT2D eigenvalue weighted by Gasteiger charge is 2.25. The zero-order chi connectivity index (χ0) is 13.0. The molecule has 5 heteroatoms. The number of aromatic nitrogens is 3. The van der Waals surface area contributed by atoms with Gasteiger partial charge in [-0.25, -0.2) is 4.98 Å². The van der Waals surface area contributed by atoms with Crippen molar-refractivity contribution in [2.45, 2.75) is 46.0 Å². The first-order valence-electron chi connectivity index (χ1n) is 6.95. The van der Waals surface area contributed by atoms with Crippen LogP contribution in [0.1, 0.15) is 56.0 Å². The van der Waals surface area contributed by atoms with Gasteiger partial charge < -0.3 is 4.90 Å². The van der Waals surface area contributed by atoms with Crippen LogP contribution in [-0.2, 0) is 6.42 Å². The lowest BCUT2D eigenvalue weighted by molar-refractivity contribution is 0.0694. The van der Waals surface area contributed by atoms with Gasteiger partial charge in [-0.3, -0.25) is 9.89 Å². The van der Waals surface area contributed by atoms with E-state index >= 15 is 0 Å². The largest absolute Gasteiger partial charge is 0.336 e. The lowest BCUT2D eigenvalue weighted by Gasteiger charge is -2.31. The van der Waals surface area contributed by atoms with Gasteiger partial charge in [0.25, 0.3) is 5.91 Å². The summed E-state index contributed by atoms with van der Waals surface area (Å²) in [6, 6.07) is 0. The van der Waals surface area contributed by atoms with Crippen LogP contribution in [-0.4, -0.2) is 39.1 Å². The Morgan fingerprint density at radius 3 is 2.78 bits per heavy atom. The van der Waals surface area contributed by atoms with Gasteiger partial charge in [0, 0.05) is 19.5 Å². The molecule has 0 aromatic carbocycles. The van der Waals surface area contributed by atoms with Crippen LogP contribution in [0.5, 0.6) is 0 Å². The van der Waals surface area contributed by atoms with Gasteiger partial charge in [-0.05, 0) is 32.1 Å². The lowest BCUT2D eigenvalue weighted by atomic mass is 9.85. The van der Waals surface area contributed by atoms with Gasteiger partial charge in [0.2, 0.25) is 5.82 Å². The molecule has 2 rings (SSSR count). The summed E-state index contributed by atoms with van der Waals surface area (Å²) in [6.45, 7) is 5.68. The number of H-pyrrole nitrogens is 1. The van der Waals surface area contributed by atoms with Crippen molar-refractivity contribution in [3.63, 3.8) is 0 Å².